The third-order valence-corrected chi connectivity index (χ3v) is 2.43. The molecular formula is C12H15N5O. The van der Waals surface area contributed by atoms with Gasteiger partial charge in [0, 0.05) is 25.1 Å². The van der Waals surface area contributed by atoms with Crippen LogP contribution in [0.2, 0.25) is 0 Å². The average Bonchev–Trinajstić information content (AvgIpc) is 2.76. The quantitative estimate of drug-likeness (QED) is 0.789. The highest BCUT2D eigenvalue weighted by Crippen LogP contribution is 1.96. The second kappa shape index (κ2) is 5.81. The maximum absolute atomic E-state index is 11.6. The van der Waals surface area contributed by atoms with Crippen LogP contribution < -0.4 is 11.1 Å². The Kier molecular flexibility index (Phi) is 3.90. The van der Waals surface area contributed by atoms with Crippen molar-refractivity contribution in [3.63, 3.8) is 0 Å². The number of rotatable bonds is 5. The number of pyridine rings is 1. The van der Waals surface area contributed by atoms with Crippen LogP contribution in [0.3, 0.4) is 0 Å². The predicted octanol–water partition coefficient (Wildman–Crippen LogP) is 0.219. The average molecular weight is 245 g/mol. The standard InChI is InChI=1S/C12H15N5O/c13-11-4-7-17(16-11)9-12(18)15-6-3-10-2-1-5-14-8-10/h1-2,4-5,7-8H,3,6,9H2,(H2,13,16)(H,15,18). The fourth-order valence-electron chi connectivity index (χ4n) is 1.56. The lowest BCUT2D eigenvalue weighted by Gasteiger charge is -2.05. The molecule has 0 aliphatic rings. The van der Waals surface area contributed by atoms with Crippen molar-refractivity contribution in [3.8, 4) is 0 Å². The summed E-state index contributed by atoms with van der Waals surface area (Å²) in [6.45, 7) is 0.769. The molecule has 1 amide bonds. The van der Waals surface area contributed by atoms with Crippen LogP contribution in [-0.2, 0) is 17.8 Å². The Morgan fingerprint density at radius 1 is 1.44 bits per heavy atom. The number of carbonyl (C=O) groups excluding carboxylic acids is 1. The molecule has 0 aliphatic carbocycles. The molecule has 0 radical (unpaired) electrons. The molecule has 2 aromatic heterocycles. The van der Waals surface area contributed by atoms with E-state index in [0.29, 0.717) is 12.4 Å². The van der Waals surface area contributed by atoms with Crippen LogP contribution in [0, 0.1) is 0 Å². The van der Waals surface area contributed by atoms with Gasteiger partial charge in [0.1, 0.15) is 12.4 Å². The Morgan fingerprint density at radius 2 is 2.33 bits per heavy atom. The van der Waals surface area contributed by atoms with E-state index in [-0.39, 0.29) is 12.5 Å². The highest BCUT2D eigenvalue weighted by atomic mass is 16.2. The van der Waals surface area contributed by atoms with Gasteiger partial charge in [-0.1, -0.05) is 6.07 Å². The largest absolute Gasteiger partial charge is 0.382 e. The van der Waals surface area contributed by atoms with Crippen molar-refractivity contribution in [3.05, 3.63) is 42.4 Å². The summed E-state index contributed by atoms with van der Waals surface area (Å²) in [5.74, 6) is 0.333. The first-order valence-corrected chi connectivity index (χ1v) is 5.68. The van der Waals surface area contributed by atoms with E-state index in [4.69, 9.17) is 5.73 Å². The van der Waals surface area contributed by atoms with Gasteiger partial charge in [-0.25, -0.2) is 0 Å². The van der Waals surface area contributed by atoms with E-state index >= 15 is 0 Å². The van der Waals surface area contributed by atoms with Crippen molar-refractivity contribution in [2.45, 2.75) is 13.0 Å². The molecular weight excluding hydrogens is 230 g/mol. The minimum atomic E-state index is -0.0815. The van der Waals surface area contributed by atoms with Crippen LogP contribution >= 0.6 is 0 Å². The molecule has 3 N–H and O–H groups in total. The summed E-state index contributed by atoms with van der Waals surface area (Å²) in [6, 6.07) is 5.51. The molecule has 6 heteroatoms. The zero-order chi connectivity index (χ0) is 12.8. The molecule has 0 aromatic carbocycles. The van der Waals surface area contributed by atoms with Crippen LogP contribution in [-0.4, -0.2) is 27.2 Å². The number of hydrogen-bond acceptors (Lipinski definition) is 4. The molecule has 0 atom stereocenters. The molecule has 0 saturated heterocycles. The lowest BCUT2D eigenvalue weighted by Crippen LogP contribution is -2.29. The van der Waals surface area contributed by atoms with Gasteiger partial charge in [-0.15, -0.1) is 0 Å². The number of nitrogens with zero attached hydrogens (tertiary/aromatic N) is 3. The highest BCUT2D eigenvalue weighted by Gasteiger charge is 2.03. The fourth-order valence-corrected chi connectivity index (χ4v) is 1.56. The highest BCUT2D eigenvalue weighted by molar-refractivity contribution is 5.75. The molecule has 94 valence electrons. The van der Waals surface area contributed by atoms with Gasteiger partial charge in [-0.3, -0.25) is 14.5 Å². The third kappa shape index (κ3) is 3.58. The Bertz CT molecular complexity index is 508. The number of hydrogen-bond donors (Lipinski definition) is 2. The molecule has 0 bridgehead atoms. The van der Waals surface area contributed by atoms with Gasteiger partial charge in [0.25, 0.3) is 0 Å². The van der Waals surface area contributed by atoms with E-state index in [9.17, 15) is 4.79 Å². The molecule has 6 nitrogen and oxygen atoms in total. The maximum atomic E-state index is 11.6. The number of nitrogens with one attached hydrogen (secondary N) is 1. The van der Waals surface area contributed by atoms with Gasteiger partial charge >= 0.3 is 0 Å². The molecule has 0 aliphatic heterocycles. The number of anilines is 1. The van der Waals surface area contributed by atoms with E-state index in [1.165, 1.54) is 4.68 Å². The molecule has 0 spiro atoms. The van der Waals surface area contributed by atoms with Gasteiger partial charge < -0.3 is 11.1 Å². The Labute approximate surface area is 105 Å². The SMILES string of the molecule is Nc1ccn(CC(=O)NCCc2cccnc2)n1. The number of nitrogens with two attached hydrogens (primary N) is 1. The first kappa shape index (κ1) is 12.1. The monoisotopic (exact) mass is 245 g/mol. The second-order valence-electron chi connectivity index (χ2n) is 3.90. The van der Waals surface area contributed by atoms with E-state index in [1.54, 1.807) is 24.7 Å². The number of amides is 1. The summed E-state index contributed by atoms with van der Waals surface area (Å²) in [4.78, 5) is 15.6. The van der Waals surface area contributed by atoms with Crippen molar-refractivity contribution in [1.82, 2.24) is 20.1 Å². The normalized spacial score (nSPS) is 10.2. The van der Waals surface area contributed by atoms with Gasteiger partial charge in [0.2, 0.25) is 5.91 Å². The fraction of sp³-hybridized carbons (Fsp3) is 0.250. The van der Waals surface area contributed by atoms with Gasteiger partial charge in [-0.05, 0) is 24.1 Å². The van der Waals surface area contributed by atoms with Crippen molar-refractivity contribution in [1.29, 1.82) is 0 Å². The van der Waals surface area contributed by atoms with E-state index in [2.05, 4.69) is 15.4 Å². The first-order valence-electron chi connectivity index (χ1n) is 5.68. The zero-order valence-electron chi connectivity index (χ0n) is 9.91. The Morgan fingerprint density at radius 3 is 3.00 bits per heavy atom. The Balaban J connectivity index is 1.72. The predicted molar refractivity (Wildman–Crippen MR) is 67.6 cm³/mol. The minimum absolute atomic E-state index is 0.0815. The summed E-state index contributed by atoms with van der Waals surface area (Å²) in [5, 5.41) is 6.76. The molecule has 18 heavy (non-hydrogen) atoms. The van der Waals surface area contributed by atoms with E-state index in [0.717, 1.165) is 12.0 Å². The lowest BCUT2D eigenvalue weighted by atomic mass is 10.2. The van der Waals surface area contributed by atoms with Gasteiger partial charge in [0.15, 0.2) is 0 Å². The minimum Gasteiger partial charge on any atom is -0.382 e. The summed E-state index contributed by atoms with van der Waals surface area (Å²) in [6.07, 6.45) is 5.96. The third-order valence-electron chi connectivity index (χ3n) is 2.43. The molecule has 0 unspecified atom stereocenters. The summed E-state index contributed by atoms with van der Waals surface area (Å²) in [5.41, 5.74) is 6.56. The summed E-state index contributed by atoms with van der Waals surface area (Å²) < 4.78 is 1.51. The number of aromatic nitrogens is 3. The lowest BCUT2D eigenvalue weighted by molar-refractivity contribution is -0.121. The molecule has 2 rings (SSSR count). The molecule has 2 aromatic rings. The van der Waals surface area contributed by atoms with Crippen LogP contribution in [0.1, 0.15) is 5.56 Å². The van der Waals surface area contributed by atoms with Crippen molar-refractivity contribution < 1.29 is 4.79 Å². The van der Waals surface area contributed by atoms with Crippen LogP contribution in [0.4, 0.5) is 5.82 Å². The molecule has 2 heterocycles. The van der Waals surface area contributed by atoms with E-state index in [1.807, 2.05) is 12.1 Å². The Hall–Kier alpha value is -2.37. The molecule has 0 fully saturated rings. The topological polar surface area (TPSA) is 85.8 Å². The van der Waals surface area contributed by atoms with Crippen molar-refractivity contribution >= 4 is 11.7 Å². The summed E-state index contributed by atoms with van der Waals surface area (Å²) in [7, 11) is 0. The van der Waals surface area contributed by atoms with Crippen LogP contribution in [0.25, 0.3) is 0 Å². The first-order chi connectivity index (χ1) is 8.74. The smallest absolute Gasteiger partial charge is 0.241 e. The maximum Gasteiger partial charge on any atom is 0.241 e. The van der Waals surface area contributed by atoms with Crippen molar-refractivity contribution in [2.24, 2.45) is 0 Å². The number of carbonyl (C=O) groups is 1. The van der Waals surface area contributed by atoms with Gasteiger partial charge in [-0.2, -0.15) is 5.10 Å². The van der Waals surface area contributed by atoms with Crippen LogP contribution in [0.15, 0.2) is 36.8 Å². The van der Waals surface area contributed by atoms with E-state index < -0.39 is 0 Å². The van der Waals surface area contributed by atoms with Gasteiger partial charge in [0.05, 0.1) is 0 Å². The van der Waals surface area contributed by atoms with Crippen LogP contribution in [0.5, 0.6) is 0 Å². The molecule has 0 saturated carbocycles. The summed E-state index contributed by atoms with van der Waals surface area (Å²) >= 11 is 0. The number of nitrogen functional groups attached to an aromatic ring is 1. The van der Waals surface area contributed by atoms with Crippen molar-refractivity contribution in [2.75, 3.05) is 12.3 Å². The second-order valence-corrected chi connectivity index (χ2v) is 3.90. The zero-order valence-corrected chi connectivity index (χ0v) is 9.91.